The fourth-order valence-corrected chi connectivity index (χ4v) is 5.71. The lowest BCUT2D eigenvalue weighted by molar-refractivity contribution is -0.143. The molecule has 1 aromatic rings. The number of alkyl halides is 6. The molecule has 2 aliphatic rings. The van der Waals surface area contributed by atoms with Crippen LogP contribution < -0.4 is 5.32 Å². The molecule has 7 nitrogen and oxygen atoms in total. The molecule has 1 N–H and O–H groups in total. The molecule has 2 saturated heterocycles. The molecular formula is C26H33F6N5O2S. The van der Waals surface area contributed by atoms with Crippen LogP contribution in [0.2, 0.25) is 0 Å². The summed E-state index contributed by atoms with van der Waals surface area (Å²) in [5, 5.41) is 2.39. The Morgan fingerprint density at radius 1 is 1.10 bits per heavy atom. The number of aliphatic imine (C=N–C) groups is 1. The normalized spacial score (nSPS) is 21.2. The quantitative estimate of drug-likeness (QED) is 0.447. The van der Waals surface area contributed by atoms with Gasteiger partial charge in [-0.05, 0) is 82.3 Å². The SMILES string of the molecule is CN(C)CC(C)(N=C1NC(=O)SC1=CC1CCN(Cc2ccc(C(F)(F)F)cc2C(F)(F)F)CC1)C(=O)N(C)C. The number of amides is 2. The predicted octanol–water partition coefficient (Wildman–Crippen LogP) is 5.08. The van der Waals surface area contributed by atoms with E-state index in [0.717, 1.165) is 17.8 Å². The Labute approximate surface area is 233 Å². The van der Waals surface area contributed by atoms with Crippen LogP contribution in [0.5, 0.6) is 0 Å². The number of benzene rings is 1. The van der Waals surface area contributed by atoms with Crippen LogP contribution >= 0.6 is 11.8 Å². The third-order valence-electron chi connectivity index (χ3n) is 6.66. The van der Waals surface area contributed by atoms with Crippen molar-refractivity contribution in [2.75, 3.05) is 47.8 Å². The molecule has 0 bridgehead atoms. The van der Waals surface area contributed by atoms with Gasteiger partial charge in [0.25, 0.3) is 11.1 Å². The lowest BCUT2D eigenvalue weighted by atomic mass is 9.95. The standard InChI is InChI=1S/C26H33F6N5O2S/c1-24(15-35(2)3,22(38)36(4)5)34-21-20(40-23(39)33-21)12-16-8-10-37(11-9-16)14-17-6-7-18(25(27,28)29)13-19(17)26(30,31)32/h6-7,12-13,16H,8-11,14-15H2,1-5H3,(H,33,34,39). The van der Waals surface area contributed by atoms with Gasteiger partial charge in [0.2, 0.25) is 0 Å². The number of amidine groups is 1. The van der Waals surface area contributed by atoms with Crippen molar-refractivity contribution in [3.63, 3.8) is 0 Å². The molecule has 14 heteroatoms. The first-order valence-electron chi connectivity index (χ1n) is 12.6. The molecule has 2 aliphatic heterocycles. The van der Waals surface area contributed by atoms with Crippen LogP contribution in [0.3, 0.4) is 0 Å². The first-order chi connectivity index (χ1) is 18.4. The van der Waals surface area contributed by atoms with Crippen molar-refractivity contribution in [3.05, 3.63) is 45.9 Å². The number of halogens is 6. The second kappa shape index (κ2) is 12.1. The van der Waals surface area contributed by atoms with Gasteiger partial charge in [-0.15, -0.1) is 0 Å². The Balaban J connectivity index is 1.75. The Kier molecular flexibility index (Phi) is 9.67. The van der Waals surface area contributed by atoms with E-state index < -0.39 is 29.0 Å². The second-order valence-electron chi connectivity index (χ2n) is 10.7. The number of carbonyl (C=O) groups excluding carboxylic acids is 2. The van der Waals surface area contributed by atoms with Gasteiger partial charge in [-0.25, -0.2) is 4.99 Å². The van der Waals surface area contributed by atoms with Gasteiger partial charge in [0.1, 0.15) is 5.84 Å². The summed E-state index contributed by atoms with van der Waals surface area (Å²) in [6, 6.07) is 1.74. The van der Waals surface area contributed by atoms with Crippen molar-refractivity contribution in [3.8, 4) is 0 Å². The minimum Gasteiger partial charge on any atom is -0.347 e. The number of allylic oxidation sites excluding steroid dienone is 1. The Bertz CT molecular complexity index is 1170. The Morgan fingerprint density at radius 3 is 2.25 bits per heavy atom. The van der Waals surface area contributed by atoms with Crippen LogP contribution in [0.15, 0.2) is 34.2 Å². The number of likely N-dealkylation sites (tertiary alicyclic amines) is 1. The molecule has 222 valence electrons. The van der Waals surface area contributed by atoms with Crippen LogP contribution in [0, 0.1) is 5.92 Å². The monoisotopic (exact) mass is 593 g/mol. The molecule has 0 radical (unpaired) electrons. The third-order valence-corrected chi connectivity index (χ3v) is 7.50. The first-order valence-corrected chi connectivity index (χ1v) is 13.4. The van der Waals surface area contributed by atoms with E-state index in [0.29, 0.717) is 49.3 Å². The predicted molar refractivity (Wildman–Crippen MR) is 142 cm³/mol. The van der Waals surface area contributed by atoms with Gasteiger partial charge in [-0.3, -0.25) is 14.5 Å². The molecule has 2 amide bonds. The Morgan fingerprint density at radius 2 is 1.73 bits per heavy atom. The number of nitrogens with one attached hydrogen (secondary N) is 1. The van der Waals surface area contributed by atoms with Gasteiger partial charge < -0.3 is 15.1 Å². The van der Waals surface area contributed by atoms with Gasteiger partial charge in [0.05, 0.1) is 16.0 Å². The van der Waals surface area contributed by atoms with Crippen LogP contribution in [0.1, 0.15) is 36.5 Å². The summed E-state index contributed by atoms with van der Waals surface area (Å²) in [5.41, 5.74) is -3.98. The number of hydrogen-bond acceptors (Lipinski definition) is 6. The van der Waals surface area contributed by atoms with Crippen LogP contribution in [0.4, 0.5) is 31.1 Å². The van der Waals surface area contributed by atoms with Gasteiger partial charge in [-0.2, -0.15) is 26.3 Å². The van der Waals surface area contributed by atoms with E-state index >= 15 is 0 Å². The molecule has 0 aliphatic carbocycles. The number of likely N-dealkylation sites (N-methyl/N-ethyl adjacent to an activating group) is 2. The number of nitrogens with zero attached hydrogens (tertiary/aromatic N) is 4. The van der Waals surface area contributed by atoms with Crippen molar-refractivity contribution in [2.45, 2.75) is 44.2 Å². The topological polar surface area (TPSA) is 68.2 Å². The van der Waals surface area contributed by atoms with Crippen molar-refractivity contribution in [1.82, 2.24) is 20.0 Å². The van der Waals surface area contributed by atoms with Gasteiger partial charge in [0, 0.05) is 27.2 Å². The number of carbonyl (C=O) groups is 2. The van der Waals surface area contributed by atoms with Crippen LogP contribution in [-0.2, 0) is 23.7 Å². The summed E-state index contributed by atoms with van der Waals surface area (Å²) in [4.78, 5) is 35.4. The summed E-state index contributed by atoms with van der Waals surface area (Å²) >= 11 is 0.970. The lowest BCUT2D eigenvalue weighted by Crippen LogP contribution is -2.50. The number of hydrogen-bond donors (Lipinski definition) is 1. The van der Waals surface area contributed by atoms with Crippen LogP contribution in [-0.4, -0.2) is 85.0 Å². The zero-order valence-corrected chi connectivity index (χ0v) is 23.7. The molecule has 1 atom stereocenters. The molecule has 1 unspecified atom stereocenters. The summed E-state index contributed by atoms with van der Waals surface area (Å²) in [5.74, 6) is 0.0709. The fourth-order valence-electron chi connectivity index (χ4n) is 4.91. The van der Waals surface area contributed by atoms with Crippen molar-refractivity contribution < 1.29 is 35.9 Å². The zero-order valence-electron chi connectivity index (χ0n) is 22.9. The molecule has 2 heterocycles. The lowest BCUT2D eigenvalue weighted by Gasteiger charge is -2.32. The molecule has 1 aromatic carbocycles. The van der Waals surface area contributed by atoms with E-state index in [1.54, 1.807) is 25.9 Å². The van der Waals surface area contributed by atoms with Gasteiger partial charge >= 0.3 is 12.4 Å². The highest BCUT2D eigenvalue weighted by Crippen LogP contribution is 2.38. The molecule has 3 rings (SSSR count). The molecule has 0 aromatic heterocycles. The second-order valence-corrected chi connectivity index (χ2v) is 11.7. The molecular weight excluding hydrogens is 560 g/mol. The van der Waals surface area contributed by atoms with E-state index in [1.807, 2.05) is 25.1 Å². The van der Waals surface area contributed by atoms with Crippen molar-refractivity contribution >= 4 is 28.7 Å². The highest BCUT2D eigenvalue weighted by molar-refractivity contribution is 8.18. The number of thioether (sulfide) groups is 1. The summed E-state index contributed by atoms with van der Waals surface area (Å²) < 4.78 is 79.6. The van der Waals surface area contributed by atoms with E-state index in [4.69, 9.17) is 0 Å². The highest BCUT2D eigenvalue weighted by Gasteiger charge is 2.39. The maximum Gasteiger partial charge on any atom is 0.416 e. The maximum atomic E-state index is 13.5. The third kappa shape index (κ3) is 8.00. The Hall–Kier alpha value is -2.58. The van der Waals surface area contributed by atoms with E-state index in [2.05, 4.69) is 10.3 Å². The smallest absolute Gasteiger partial charge is 0.347 e. The average Bonchev–Trinajstić information content (AvgIpc) is 3.15. The molecule has 2 fully saturated rings. The fraction of sp³-hybridized carbons (Fsp3) is 0.577. The van der Waals surface area contributed by atoms with E-state index in [-0.39, 0.29) is 35.2 Å². The summed E-state index contributed by atoms with van der Waals surface area (Å²) in [6.07, 6.45) is -6.75. The minimum absolute atomic E-state index is 0.00371. The van der Waals surface area contributed by atoms with E-state index in [1.165, 1.54) is 4.90 Å². The minimum atomic E-state index is -4.91. The molecule has 0 saturated carbocycles. The molecule has 40 heavy (non-hydrogen) atoms. The largest absolute Gasteiger partial charge is 0.416 e. The first kappa shape index (κ1) is 31.9. The van der Waals surface area contributed by atoms with Gasteiger partial charge in [-0.1, -0.05) is 12.1 Å². The summed E-state index contributed by atoms with van der Waals surface area (Å²) in [6.45, 7) is 2.71. The number of piperidine rings is 1. The molecule has 0 spiro atoms. The summed E-state index contributed by atoms with van der Waals surface area (Å²) in [7, 11) is 6.89. The van der Waals surface area contributed by atoms with Crippen LogP contribution in [0.25, 0.3) is 0 Å². The highest BCUT2D eigenvalue weighted by atomic mass is 32.2. The van der Waals surface area contributed by atoms with Gasteiger partial charge in [0.15, 0.2) is 5.54 Å². The average molecular weight is 594 g/mol. The van der Waals surface area contributed by atoms with Crippen molar-refractivity contribution in [1.29, 1.82) is 0 Å². The maximum absolute atomic E-state index is 13.5. The van der Waals surface area contributed by atoms with Crippen molar-refractivity contribution in [2.24, 2.45) is 10.9 Å². The van der Waals surface area contributed by atoms with E-state index in [9.17, 15) is 35.9 Å². The zero-order chi connectivity index (χ0) is 30.0. The number of rotatable bonds is 7.